The van der Waals surface area contributed by atoms with Crippen LogP contribution in [-0.2, 0) is 9.59 Å². The van der Waals surface area contributed by atoms with E-state index >= 15 is 0 Å². The summed E-state index contributed by atoms with van der Waals surface area (Å²) < 4.78 is 0. The van der Waals surface area contributed by atoms with Crippen molar-refractivity contribution >= 4 is 18.2 Å². The highest BCUT2D eigenvalue weighted by Gasteiger charge is 2.21. The molecule has 1 atom stereocenters. The van der Waals surface area contributed by atoms with E-state index in [0.29, 0.717) is 5.56 Å². The minimum absolute atomic E-state index is 0.251. The molecule has 0 bridgehead atoms. The predicted octanol–water partition coefficient (Wildman–Crippen LogP) is 0.767. The third-order valence-corrected chi connectivity index (χ3v) is 2.40. The second-order valence-corrected chi connectivity index (χ2v) is 3.62. The summed E-state index contributed by atoms with van der Waals surface area (Å²) in [7, 11) is 0. The van der Waals surface area contributed by atoms with Crippen LogP contribution in [0.4, 0.5) is 0 Å². The van der Waals surface area contributed by atoms with Gasteiger partial charge in [0.15, 0.2) is 5.78 Å². The maximum atomic E-state index is 11.8. The number of rotatable bonds is 6. The molecule has 0 saturated heterocycles. The maximum absolute atomic E-state index is 11.8. The Kier molecular flexibility index (Phi) is 4.39. The van der Waals surface area contributed by atoms with Gasteiger partial charge in [0, 0.05) is 12.0 Å². The molecule has 1 unspecified atom stereocenters. The lowest BCUT2D eigenvalue weighted by atomic mass is 10.00. The van der Waals surface area contributed by atoms with Crippen molar-refractivity contribution < 1.29 is 19.5 Å². The van der Waals surface area contributed by atoms with Gasteiger partial charge in [-0.15, -0.1) is 0 Å². The lowest BCUT2D eigenvalue weighted by molar-refractivity contribution is -0.140. The number of amides is 1. The molecular formula is C12H13NO4. The summed E-state index contributed by atoms with van der Waals surface area (Å²) in [6, 6.07) is 5.74. The van der Waals surface area contributed by atoms with Crippen LogP contribution in [0.2, 0.25) is 0 Å². The molecule has 1 aromatic rings. The first-order valence-electron chi connectivity index (χ1n) is 5.07. The van der Waals surface area contributed by atoms with Gasteiger partial charge in [0.1, 0.15) is 6.04 Å². The first-order chi connectivity index (χ1) is 8.06. The first-order valence-corrected chi connectivity index (χ1v) is 5.07. The van der Waals surface area contributed by atoms with Crippen LogP contribution in [0.3, 0.4) is 0 Å². The number of Topliss-reactive ketones (excluding diaryl/α,β-unsaturated/α-hetero) is 1. The Morgan fingerprint density at radius 1 is 1.41 bits per heavy atom. The van der Waals surface area contributed by atoms with Crippen LogP contribution in [0.5, 0.6) is 0 Å². The fraction of sp³-hybridized carbons (Fsp3) is 0.250. The molecule has 5 heteroatoms. The highest BCUT2D eigenvalue weighted by Crippen LogP contribution is 2.11. The van der Waals surface area contributed by atoms with Crippen molar-refractivity contribution in [3.63, 3.8) is 0 Å². The smallest absolute Gasteiger partial charge is 0.326 e. The Morgan fingerprint density at radius 3 is 2.59 bits per heavy atom. The van der Waals surface area contributed by atoms with Gasteiger partial charge in [-0.2, -0.15) is 0 Å². The summed E-state index contributed by atoms with van der Waals surface area (Å²) in [4.78, 5) is 32.8. The van der Waals surface area contributed by atoms with E-state index in [-0.39, 0.29) is 18.6 Å². The zero-order valence-electron chi connectivity index (χ0n) is 9.34. The van der Waals surface area contributed by atoms with Gasteiger partial charge >= 0.3 is 5.97 Å². The standard InChI is InChI=1S/C12H13NO4/c1-8-4-2-3-5-9(8)11(15)6-10(12(16)17)13-7-14/h2-5,7,10H,6H2,1H3,(H,13,14)(H,16,17). The quantitative estimate of drug-likeness (QED) is 0.563. The molecule has 1 rings (SSSR count). The minimum atomic E-state index is -1.22. The maximum Gasteiger partial charge on any atom is 0.326 e. The topological polar surface area (TPSA) is 83.5 Å². The summed E-state index contributed by atoms with van der Waals surface area (Å²) in [6.07, 6.45) is 0.0306. The molecule has 0 radical (unpaired) electrons. The Labute approximate surface area is 98.4 Å². The van der Waals surface area contributed by atoms with Crippen molar-refractivity contribution in [2.45, 2.75) is 19.4 Å². The molecule has 0 aliphatic heterocycles. The number of carbonyl (C=O) groups is 3. The summed E-state index contributed by atoms with van der Waals surface area (Å²) in [5.74, 6) is -1.52. The van der Waals surface area contributed by atoms with Crippen molar-refractivity contribution in [1.29, 1.82) is 0 Å². The van der Waals surface area contributed by atoms with Crippen molar-refractivity contribution in [2.24, 2.45) is 0 Å². The van der Waals surface area contributed by atoms with E-state index in [1.54, 1.807) is 31.2 Å². The summed E-state index contributed by atoms with van der Waals surface area (Å²) in [5, 5.41) is 10.9. The average Bonchev–Trinajstić information content (AvgIpc) is 2.28. The highest BCUT2D eigenvalue weighted by molar-refractivity contribution is 6.00. The monoisotopic (exact) mass is 235 g/mol. The molecule has 0 heterocycles. The fourth-order valence-electron chi connectivity index (χ4n) is 1.48. The average molecular weight is 235 g/mol. The molecule has 1 amide bonds. The number of ketones is 1. The SMILES string of the molecule is Cc1ccccc1C(=O)CC(NC=O)C(=O)O. The zero-order valence-corrected chi connectivity index (χ0v) is 9.34. The molecule has 0 aliphatic carbocycles. The number of aliphatic carboxylic acids is 1. The lowest BCUT2D eigenvalue weighted by Gasteiger charge is -2.11. The molecule has 0 aromatic heterocycles. The normalized spacial score (nSPS) is 11.6. The molecule has 0 fully saturated rings. The van der Waals surface area contributed by atoms with Crippen LogP contribution in [-0.4, -0.2) is 29.3 Å². The molecule has 1 aromatic carbocycles. The van der Waals surface area contributed by atoms with Crippen molar-refractivity contribution in [3.8, 4) is 0 Å². The molecule has 2 N–H and O–H groups in total. The van der Waals surface area contributed by atoms with Crippen LogP contribution < -0.4 is 5.32 Å². The van der Waals surface area contributed by atoms with E-state index in [4.69, 9.17) is 5.11 Å². The Balaban J connectivity index is 2.81. The number of aryl methyl sites for hydroxylation is 1. The van der Waals surface area contributed by atoms with Crippen LogP contribution in [0, 0.1) is 6.92 Å². The van der Waals surface area contributed by atoms with E-state index < -0.39 is 12.0 Å². The molecule has 0 aliphatic rings. The Bertz CT molecular complexity index is 442. The lowest BCUT2D eigenvalue weighted by Crippen LogP contribution is -2.37. The number of carboxylic acid groups (broad SMARTS) is 1. The number of carboxylic acids is 1. The van der Waals surface area contributed by atoms with Gasteiger partial charge in [-0.25, -0.2) is 4.79 Å². The summed E-state index contributed by atoms with van der Waals surface area (Å²) in [6.45, 7) is 1.77. The molecular weight excluding hydrogens is 222 g/mol. The van der Waals surface area contributed by atoms with Crippen LogP contribution in [0.15, 0.2) is 24.3 Å². The van der Waals surface area contributed by atoms with Gasteiger partial charge in [0.2, 0.25) is 6.41 Å². The molecule has 90 valence electrons. The molecule has 0 spiro atoms. The van der Waals surface area contributed by atoms with Crippen molar-refractivity contribution in [2.75, 3.05) is 0 Å². The van der Waals surface area contributed by atoms with Crippen LogP contribution in [0.25, 0.3) is 0 Å². The third-order valence-electron chi connectivity index (χ3n) is 2.40. The van der Waals surface area contributed by atoms with Gasteiger partial charge in [-0.05, 0) is 12.5 Å². The Hall–Kier alpha value is -2.17. The molecule has 17 heavy (non-hydrogen) atoms. The summed E-state index contributed by atoms with van der Waals surface area (Å²) in [5.41, 5.74) is 1.26. The van der Waals surface area contributed by atoms with E-state index in [1.807, 2.05) is 0 Å². The second kappa shape index (κ2) is 5.79. The number of benzene rings is 1. The number of nitrogens with one attached hydrogen (secondary N) is 1. The zero-order chi connectivity index (χ0) is 12.8. The number of carbonyl (C=O) groups excluding carboxylic acids is 2. The molecule has 5 nitrogen and oxygen atoms in total. The van der Waals surface area contributed by atoms with E-state index in [2.05, 4.69) is 5.32 Å². The first kappa shape index (κ1) is 12.9. The highest BCUT2D eigenvalue weighted by atomic mass is 16.4. The van der Waals surface area contributed by atoms with Crippen LogP contribution in [0.1, 0.15) is 22.3 Å². The number of hydrogen-bond acceptors (Lipinski definition) is 3. The van der Waals surface area contributed by atoms with Crippen LogP contribution >= 0.6 is 0 Å². The number of hydrogen-bond donors (Lipinski definition) is 2. The predicted molar refractivity (Wildman–Crippen MR) is 60.8 cm³/mol. The molecule has 0 saturated carbocycles. The second-order valence-electron chi connectivity index (χ2n) is 3.62. The largest absolute Gasteiger partial charge is 0.480 e. The van der Waals surface area contributed by atoms with Gasteiger partial charge in [0.25, 0.3) is 0 Å². The van der Waals surface area contributed by atoms with E-state index in [0.717, 1.165) is 5.56 Å². The van der Waals surface area contributed by atoms with Gasteiger partial charge < -0.3 is 10.4 Å². The summed E-state index contributed by atoms with van der Waals surface area (Å²) >= 11 is 0. The van der Waals surface area contributed by atoms with E-state index in [9.17, 15) is 14.4 Å². The van der Waals surface area contributed by atoms with Gasteiger partial charge in [0.05, 0.1) is 0 Å². The van der Waals surface area contributed by atoms with Crippen molar-refractivity contribution in [3.05, 3.63) is 35.4 Å². The Morgan fingerprint density at radius 2 is 2.06 bits per heavy atom. The third kappa shape index (κ3) is 3.41. The van der Waals surface area contributed by atoms with Gasteiger partial charge in [-0.1, -0.05) is 24.3 Å². The van der Waals surface area contributed by atoms with E-state index in [1.165, 1.54) is 0 Å². The van der Waals surface area contributed by atoms with Gasteiger partial charge in [-0.3, -0.25) is 9.59 Å². The fourth-order valence-corrected chi connectivity index (χ4v) is 1.48. The minimum Gasteiger partial charge on any atom is -0.480 e. The van der Waals surface area contributed by atoms with Crippen molar-refractivity contribution in [1.82, 2.24) is 5.32 Å².